The third kappa shape index (κ3) is 3.31. The van der Waals surface area contributed by atoms with E-state index < -0.39 is 0 Å². The first-order valence-electron chi connectivity index (χ1n) is 8.67. The second-order valence-electron chi connectivity index (χ2n) is 6.75. The van der Waals surface area contributed by atoms with Gasteiger partial charge < -0.3 is 9.88 Å². The molecule has 2 aromatic carbocycles. The molecular formula is C20H20N4O2. The summed E-state index contributed by atoms with van der Waals surface area (Å²) < 4.78 is 0. The van der Waals surface area contributed by atoms with Crippen LogP contribution >= 0.6 is 0 Å². The summed E-state index contributed by atoms with van der Waals surface area (Å²) in [4.78, 5) is 34.0. The van der Waals surface area contributed by atoms with Gasteiger partial charge in [0.15, 0.2) is 0 Å². The number of hydrogen-bond donors (Lipinski definition) is 2. The Labute approximate surface area is 151 Å². The normalized spacial score (nSPS) is 17.0. The summed E-state index contributed by atoms with van der Waals surface area (Å²) in [6.45, 7) is 3.00. The molecule has 2 heterocycles. The number of rotatable bonds is 4. The lowest BCUT2D eigenvalue weighted by Crippen LogP contribution is -2.28. The number of likely N-dealkylation sites (tertiary alicyclic amines) is 1. The van der Waals surface area contributed by atoms with Crippen LogP contribution in [0, 0.1) is 12.8 Å². The van der Waals surface area contributed by atoms with Gasteiger partial charge in [0.25, 0.3) is 0 Å². The number of nitrogens with one attached hydrogen (secondary N) is 2. The Balaban J connectivity index is 1.40. The van der Waals surface area contributed by atoms with Crippen molar-refractivity contribution >= 4 is 28.8 Å². The molecule has 1 atom stereocenters. The quantitative estimate of drug-likeness (QED) is 0.761. The number of aromatic amines is 1. The highest BCUT2D eigenvalue weighted by atomic mass is 16.2. The molecule has 26 heavy (non-hydrogen) atoms. The Kier molecular flexibility index (Phi) is 4.16. The topological polar surface area (TPSA) is 78.1 Å². The van der Waals surface area contributed by atoms with Gasteiger partial charge in [0.2, 0.25) is 17.8 Å². The number of H-pyrrole nitrogens is 1. The number of carbonyl (C=O) groups is 2. The number of benzene rings is 2. The summed E-state index contributed by atoms with van der Waals surface area (Å²) in [7, 11) is 0. The molecule has 6 heteroatoms. The molecule has 1 aromatic heterocycles. The summed E-state index contributed by atoms with van der Waals surface area (Å²) in [6, 6.07) is 15.7. The molecule has 1 fully saturated rings. The molecule has 1 aliphatic heterocycles. The molecule has 0 saturated carbocycles. The molecule has 6 nitrogen and oxygen atoms in total. The minimum Gasteiger partial charge on any atom is -0.338 e. The zero-order chi connectivity index (χ0) is 18.1. The van der Waals surface area contributed by atoms with Gasteiger partial charge >= 0.3 is 0 Å². The first-order chi connectivity index (χ1) is 12.6. The Morgan fingerprint density at radius 3 is 2.77 bits per heavy atom. The van der Waals surface area contributed by atoms with E-state index in [1.165, 1.54) is 5.56 Å². The Morgan fingerprint density at radius 2 is 2.00 bits per heavy atom. The van der Waals surface area contributed by atoms with Gasteiger partial charge in [-0.2, -0.15) is 0 Å². The number of carbonyl (C=O) groups excluding carboxylic acids is 2. The molecule has 4 rings (SSSR count). The highest BCUT2D eigenvalue weighted by molar-refractivity contribution is 5.97. The second kappa shape index (κ2) is 6.63. The van der Waals surface area contributed by atoms with E-state index >= 15 is 0 Å². The Morgan fingerprint density at radius 1 is 1.23 bits per heavy atom. The van der Waals surface area contributed by atoms with Gasteiger partial charge in [-0.1, -0.05) is 42.0 Å². The van der Waals surface area contributed by atoms with Gasteiger partial charge in [0, 0.05) is 19.5 Å². The van der Waals surface area contributed by atoms with Crippen LogP contribution < -0.4 is 5.32 Å². The van der Waals surface area contributed by atoms with Crippen LogP contribution in [0.1, 0.15) is 17.5 Å². The molecule has 1 saturated heterocycles. The molecule has 3 aromatic rings. The van der Waals surface area contributed by atoms with E-state index in [9.17, 15) is 9.59 Å². The molecule has 2 amide bonds. The average molecular weight is 348 g/mol. The summed E-state index contributed by atoms with van der Waals surface area (Å²) in [5, 5.41) is 2.80. The van der Waals surface area contributed by atoms with Gasteiger partial charge in [-0.3, -0.25) is 14.9 Å². The van der Waals surface area contributed by atoms with Crippen molar-refractivity contribution < 1.29 is 9.59 Å². The van der Waals surface area contributed by atoms with Crippen LogP contribution in [0.2, 0.25) is 0 Å². The Bertz CT molecular complexity index is 928. The molecular weight excluding hydrogens is 328 g/mol. The molecule has 0 spiro atoms. The third-order valence-corrected chi connectivity index (χ3v) is 4.71. The lowest BCUT2D eigenvalue weighted by molar-refractivity contribution is -0.128. The van der Waals surface area contributed by atoms with Crippen molar-refractivity contribution in [2.24, 2.45) is 5.92 Å². The van der Waals surface area contributed by atoms with E-state index in [-0.39, 0.29) is 24.2 Å². The number of para-hydroxylation sites is 2. The lowest BCUT2D eigenvalue weighted by Gasteiger charge is -2.16. The van der Waals surface area contributed by atoms with Crippen LogP contribution in [0.25, 0.3) is 11.0 Å². The first-order valence-corrected chi connectivity index (χ1v) is 8.67. The van der Waals surface area contributed by atoms with E-state index in [1.807, 2.05) is 55.5 Å². The van der Waals surface area contributed by atoms with Crippen LogP contribution in [0.4, 0.5) is 5.95 Å². The maximum atomic E-state index is 12.5. The number of fused-ring (bicyclic) bond motifs is 1. The molecule has 0 radical (unpaired) electrons. The molecule has 0 unspecified atom stereocenters. The second-order valence-corrected chi connectivity index (χ2v) is 6.75. The van der Waals surface area contributed by atoms with Crippen molar-refractivity contribution in [1.82, 2.24) is 14.9 Å². The van der Waals surface area contributed by atoms with Gasteiger partial charge in [-0.05, 0) is 24.6 Å². The zero-order valence-corrected chi connectivity index (χ0v) is 14.5. The fourth-order valence-corrected chi connectivity index (χ4v) is 3.25. The van der Waals surface area contributed by atoms with E-state index in [0.29, 0.717) is 19.0 Å². The van der Waals surface area contributed by atoms with E-state index in [2.05, 4.69) is 15.3 Å². The predicted octanol–water partition coefficient (Wildman–Crippen LogP) is 2.86. The number of aromatic nitrogens is 2. The minimum atomic E-state index is -0.360. The fourth-order valence-electron chi connectivity index (χ4n) is 3.25. The zero-order valence-electron chi connectivity index (χ0n) is 14.5. The van der Waals surface area contributed by atoms with E-state index in [1.54, 1.807) is 4.90 Å². The predicted molar refractivity (Wildman–Crippen MR) is 99.4 cm³/mol. The SMILES string of the molecule is Cc1ccc(CN2C[C@H](C(=O)Nc3nc4ccccc4[nH]3)CC2=O)cc1. The summed E-state index contributed by atoms with van der Waals surface area (Å²) in [5.41, 5.74) is 3.92. The van der Waals surface area contributed by atoms with Gasteiger partial charge in [-0.25, -0.2) is 4.98 Å². The van der Waals surface area contributed by atoms with Crippen molar-refractivity contribution in [3.8, 4) is 0 Å². The summed E-state index contributed by atoms with van der Waals surface area (Å²) in [5.74, 6) is -0.110. The van der Waals surface area contributed by atoms with Crippen molar-refractivity contribution in [1.29, 1.82) is 0 Å². The van der Waals surface area contributed by atoms with Crippen LogP contribution in [0.3, 0.4) is 0 Å². The summed E-state index contributed by atoms with van der Waals surface area (Å²) >= 11 is 0. The number of amides is 2. The number of hydrogen-bond acceptors (Lipinski definition) is 3. The monoisotopic (exact) mass is 348 g/mol. The molecule has 1 aliphatic rings. The van der Waals surface area contributed by atoms with Crippen molar-refractivity contribution in [2.45, 2.75) is 19.9 Å². The maximum absolute atomic E-state index is 12.5. The van der Waals surface area contributed by atoms with Gasteiger partial charge in [0.1, 0.15) is 0 Å². The highest BCUT2D eigenvalue weighted by Crippen LogP contribution is 2.22. The van der Waals surface area contributed by atoms with Gasteiger partial charge in [-0.15, -0.1) is 0 Å². The van der Waals surface area contributed by atoms with Crippen LogP contribution in [0.15, 0.2) is 48.5 Å². The highest BCUT2D eigenvalue weighted by Gasteiger charge is 2.34. The fraction of sp³-hybridized carbons (Fsp3) is 0.250. The smallest absolute Gasteiger partial charge is 0.232 e. The van der Waals surface area contributed by atoms with Crippen molar-refractivity contribution in [2.75, 3.05) is 11.9 Å². The van der Waals surface area contributed by atoms with Crippen LogP contribution in [-0.4, -0.2) is 33.2 Å². The van der Waals surface area contributed by atoms with Gasteiger partial charge in [0.05, 0.1) is 17.0 Å². The molecule has 2 N–H and O–H groups in total. The standard InChI is InChI=1S/C20H20N4O2/c1-13-6-8-14(9-7-13)11-24-12-15(10-18(24)25)19(26)23-20-21-16-4-2-3-5-17(16)22-20/h2-9,15H,10-12H2,1H3,(H2,21,22,23,26)/t15-/m1/s1. The number of nitrogens with zero attached hydrogens (tertiary/aromatic N) is 2. The number of aryl methyl sites for hydroxylation is 1. The Hall–Kier alpha value is -3.15. The van der Waals surface area contributed by atoms with E-state index in [4.69, 9.17) is 0 Å². The molecule has 0 bridgehead atoms. The largest absolute Gasteiger partial charge is 0.338 e. The molecule has 132 valence electrons. The number of anilines is 1. The van der Waals surface area contributed by atoms with Crippen LogP contribution in [0.5, 0.6) is 0 Å². The molecule has 0 aliphatic carbocycles. The summed E-state index contributed by atoms with van der Waals surface area (Å²) in [6.07, 6.45) is 0.234. The first kappa shape index (κ1) is 16.3. The van der Waals surface area contributed by atoms with E-state index in [0.717, 1.165) is 16.6 Å². The lowest BCUT2D eigenvalue weighted by atomic mass is 10.1. The third-order valence-electron chi connectivity index (χ3n) is 4.71. The maximum Gasteiger partial charge on any atom is 0.232 e. The number of imidazole rings is 1. The van der Waals surface area contributed by atoms with Crippen LogP contribution in [-0.2, 0) is 16.1 Å². The van der Waals surface area contributed by atoms with Crippen molar-refractivity contribution in [3.05, 3.63) is 59.7 Å². The van der Waals surface area contributed by atoms with Crippen molar-refractivity contribution in [3.63, 3.8) is 0 Å². The minimum absolute atomic E-state index is 0.00957. The average Bonchev–Trinajstić information content (AvgIpc) is 3.20.